The van der Waals surface area contributed by atoms with E-state index in [1.807, 2.05) is 0 Å². The highest BCUT2D eigenvalue weighted by atomic mass is 16.5. The molecule has 0 aromatic carbocycles. The van der Waals surface area contributed by atoms with Crippen LogP contribution in [-0.4, -0.2) is 55.4 Å². The Labute approximate surface area is 139 Å². The van der Waals surface area contributed by atoms with Gasteiger partial charge in [0.25, 0.3) is 0 Å². The second-order valence-corrected chi connectivity index (χ2v) is 8.05. The summed E-state index contributed by atoms with van der Waals surface area (Å²) in [5, 5.41) is 6.34. The second kappa shape index (κ2) is 6.25. The van der Waals surface area contributed by atoms with Crippen LogP contribution in [0.15, 0.2) is 0 Å². The summed E-state index contributed by atoms with van der Waals surface area (Å²) in [6.07, 6.45) is 9.05. The van der Waals surface area contributed by atoms with Crippen LogP contribution >= 0.6 is 0 Å². The number of nitrogens with one attached hydrogen (secondary N) is 2. The van der Waals surface area contributed by atoms with Gasteiger partial charge in [0.15, 0.2) is 0 Å². The van der Waals surface area contributed by atoms with Crippen molar-refractivity contribution >= 4 is 6.03 Å². The summed E-state index contributed by atoms with van der Waals surface area (Å²) in [5.41, 5.74) is 0.253. The minimum Gasteiger partial charge on any atom is -0.378 e. The van der Waals surface area contributed by atoms with Gasteiger partial charge in [-0.15, -0.1) is 0 Å². The van der Waals surface area contributed by atoms with Crippen LogP contribution in [-0.2, 0) is 4.74 Å². The number of carbonyl (C=O) groups is 1. The van der Waals surface area contributed by atoms with Gasteiger partial charge in [0.05, 0.1) is 6.10 Å². The summed E-state index contributed by atoms with van der Waals surface area (Å²) in [5.74, 6) is 0.636. The first-order valence-electron chi connectivity index (χ1n) is 9.61. The van der Waals surface area contributed by atoms with Crippen molar-refractivity contribution in [1.82, 2.24) is 15.5 Å². The van der Waals surface area contributed by atoms with Gasteiger partial charge < -0.3 is 20.3 Å². The molecule has 3 aliphatic carbocycles. The molecule has 3 saturated carbocycles. The number of hydrogen-bond donors (Lipinski definition) is 2. The van der Waals surface area contributed by atoms with Crippen molar-refractivity contribution in [2.45, 2.75) is 70.1 Å². The van der Waals surface area contributed by atoms with Gasteiger partial charge in [0, 0.05) is 37.2 Å². The summed E-state index contributed by atoms with van der Waals surface area (Å²) in [6, 6.07) is 1.21. The number of likely N-dealkylation sites (tertiary alicyclic amines) is 1. The summed E-state index contributed by atoms with van der Waals surface area (Å²) in [4.78, 5) is 14.8. The number of rotatable bonds is 6. The molecule has 5 heteroatoms. The van der Waals surface area contributed by atoms with Gasteiger partial charge in [-0.2, -0.15) is 0 Å². The van der Waals surface area contributed by atoms with E-state index in [2.05, 4.69) is 22.5 Å². The Bertz CT molecular complexity index is 448. The van der Waals surface area contributed by atoms with Crippen LogP contribution in [0, 0.1) is 11.3 Å². The average molecular weight is 321 g/mol. The van der Waals surface area contributed by atoms with E-state index < -0.39 is 0 Å². The molecule has 2 amide bonds. The fraction of sp³-hybridized carbons (Fsp3) is 0.944. The van der Waals surface area contributed by atoms with Crippen molar-refractivity contribution in [3.63, 3.8) is 0 Å². The Morgan fingerprint density at radius 2 is 2.13 bits per heavy atom. The van der Waals surface area contributed by atoms with E-state index in [0.717, 1.165) is 25.6 Å². The molecular weight excluding hydrogens is 290 g/mol. The lowest BCUT2D eigenvalue weighted by atomic mass is 9.51. The SMILES string of the molecule is CCO[C@@H]1C[C@H](NC(=O)NC[C@H]2CCN(C3CC3)C2)C12CCC2. The third-order valence-corrected chi connectivity index (χ3v) is 6.67. The Hall–Kier alpha value is -0.810. The molecule has 0 bridgehead atoms. The van der Waals surface area contributed by atoms with Crippen molar-refractivity contribution in [3.05, 3.63) is 0 Å². The van der Waals surface area contributed by atoms with E-state index in [1.165, 1.54) is 51.6 Å². The molecule has 5 nitrogen and oxygen atoms in total. The fourth-order valence-corrected chi connectivity index (χ4v) is 4.89. The Balaban J connectivity index is 1.19. The number of carbonyl (C=O) groups excluding carboxylic acids is 1. The highest BCUT2D eigenvalue weighted by molar-refractivity contribution is 5.74. The van der Waals surface area contributed by atoms with Crippen LogP contribution in [0.1, 0.15) is 51.9 Å². The van der Waals surface area contributed by atoms with Gasteiger partial charge in [-0.1, -0.05) is 6.42 Å². The van der Waals surface area contributed by atoms with E-state index >= 15 is 0 Å². The monoisotopic (exact) mass is 321 g/mol. The molecule has 1 aliphatic heterocycles. The molecule has 0 radical (unpaired) electrons. The minimum atomic E-state index is 0.0288. The lowest BCUT2D eigenvalue weighted by Crippen LogP contribution is -2.68. The molecule has 1 spiro atoms. The van der Waals surface area contributed by atoms with Gasteiger partial charge >= 0.3 is 6.03 Å². The molecule has 2 N–H and O–H groups in total. The Morgan fingerprint density at radius 1 is 1.30 bits per heavy atom. The van der Waals surface area contributed by atoms with Gasteiger partial charge in [0.1, 0.15) is 0 Å². The zero-order valence-electron chi connectivity index (χ0n) is 14.4. The number of nitrogens with zero attached hydrogens (tertiary/aromatic N) is 1. The van der Waals surface area contributed by atoms with Gasteiger partial charge in [0.2, 0.25) is 0 Å². The predicted molar refractivity (Wildman–Crippen MR) is 89.3 cm³/mol. The normalized spacial score (nSPS) is 35.6. The zero-order valence-corrected chi connectivity index (χ0v) is 14.4. The van der Waals surface area contributed by atoms with Gasteiger partial charge in [-0.05, 0) is 57.9 Å². The van der Waals surface area contributed by atoms with E-state index in [1.54, 1.807) is 0 Å². The smallest absolute Gasteiger partial charge is 0.315 e. The number of amides is 2. The predicted octanol–water partition coefficient (Wildman–Crippen LogP) is 2.12. The Morgan fingerprint density at radius 3 is 2.78 bits per heavy atom. The molecule has 1 heterocycles. The molecule has 1 saturated heterocycles. The summed E-state index contributed by atoms with van der Waals surface area (Å²) >= 11 is 0. The molecule has 0 aromatic heterocycles. The molecule has 3 atom stereocenters. The second-order valence-electron chi connectivity index (χ2n) is 8.05. The summed E-state index contributed by atoms with van der Waals surface area (Å²) in [6.45, 7) is 6.06. The van der Waals surface area contributed by atoms with Crippen molar-refractivity contribution in [2.75, 3.05) is 26.2 Å². The highest BCUT2D eigenvalue weighted by Crippen LogP contribution is 2.57. The largest absolute Gasteiger partial charge is 0.378 e. The maximum absolute atomic E-state index is 12.2. The van der Waals surface area contributed by atoms with E-state index in [-0.39, 0.29) is 11.4 Å². The fourth-order valence-electron chi connectivity index (χ4n) is 4.89. The lowest BCUT2D eigenvalue weighted by Gasteiger charge is -2.60. The van der Waals surface area contributed by atoms with Crippen molar-refractivity contribution in [1.29, 1.82) is 0 Å². The van der Waals surface area contributed by atoms with Crippen LogP contribution in [0.2, 0.25) is 0 Å². The van der Waals surface area contributed by atoms with Crippen LogP contribution in [0.4, 0.5) is 4.79 Å². The summed E-state index contributed by atoms with van der Waals surface area (Å²) < 4.78 is 5.85. The van der Waals surface area contributed by atoms with Crippen molar-refractivity contribution in [3.8, 4) is 0 Å². The molecular formula is C18H31N3O2. The van der Waals surface area contributed by atoms with Crippen LogP contribution in [0.25, 0.3) is 0 Å². The molecule has 0 unspecified atom stereocenters. The van der Waals surface area contributed by atoms with E-state index in [9.17, 15) is 4.79 Å². The highest BCUT2D eigenvalue weighted by Gasteiger charge is 2.59. The van der Waals surface area contributed by atoms with Crippen LogP contribution in [0.5, 0.6) is 0 Å². The van der Waals surface area contributed by atoms with E-state index in [4.69, 9.17) is 4.74 Å². The quantitative estimate of drug-likeness (QED) is 0.788. The standard InChI is InChI=1S/C18H31N3O2/c1-2-23-16-10-15(18(16)7-3-8-18)20-17(22)19-11-13-6-9-21(12-13)14-4-5-14/h13-16H,2-12H2,1H3,(H2,19,20,22)/t13-,15+,16-/m1/s1. The third kappa shape index (κ3) is 2.98. The topological polar surface area (TPSA) is 53.6 Å². The van der Waals surface area contributed by atoms with Crippen molar-refractivity contribution in [2.24, 2.45) is 11.3 Å². The zero-order chi connectivity index (χ0) is 15.9. The van der Waals surface area contributed by atoms with Gasteiger partial charge in [-0.25, -0.2) is 4.79 Å². The number of urea groups is 1. The average Bonchev–Trinajstić information content (AvgIpc) is 3.21. The molecule has 130 valence electrons. The summed E-state index contributed by atoms with van der Waals surface area (Å²) in [7, 11) is 0. The molecule has 23 heavy (non-hydrogen) atoms. The minimum absolute atomic E-state index is 0.0288. The lowest BCUT2D eigenvalue weighted by molar-refractivity contribution is -0.169. The van der Waals surface area contributed by atoms with Crippen LogP contribution < -0.4 is 10.6 Å². The first-order valence-corrected chi connectivity index (χ1v) is 9.61. The Kier molecular flexibility index (Phi) is 4.26. The van der Waals surface area contributed by atoms with Crippen molar-refractivity contribution < 1.29 is 9.53 Å². The van der Waals surface area contributed by atoms with E-state index in [0.29, 0.717) is 18.1 Å². The molecule has 4 aliphatic rings. The molecule has 4 fully saturated rings. The maximum atomic E-state index is 12.2. The first kappa shape index (κ1) is 15.7. The number of hydrogen-bond acceptors (Lipinski definition) is 3. The molecule has 0 aromatic rings. The first-order chi connectivity index (χ1) is 11.2. The van der Waals surface area contributed by atoms with Gasteiger partial charge in [-0.3, -0.25) is 0 Å². The third-order valence-electron chi connectivity index (χ3n) is 6.67. The molecule has 4 rings (SSSR count). The maximum Gasteiger partial charge on any atom is 0.315 e. The van der Waals surface area contributed by atoms with Crippen LogP contribution in [0.3, 0.4) is 0 Å². The number of ether oxygens (including phenoxy) is 1.